The Hall–Kier alpha value is -1.75. The van der Waals surface area contributed by atoms with E-state index in [9.17, 15) is 9.59 Å². The van der Waals surface area contributed by atoms with Crippen molar-refractivity contribution in [2.75, 3.05) is 6.79 Å². The van der Waals surface area contributed by atoms with Crippen molar-refractivity contribution in [2.24, 2.45) is 0 Å². The zero-order valence-corrected chi connectivity index (χ0v) is 9.49. The number of fused-ring (bicyclic) bond motifs is 1. The summed E-state index contributed by atoms with van der Waals surface area (Å²) in [5, 5.41) is 8.96. The van der Waals surface area contributed by atoms with E-state index in [-0.39, 0.29) is 19.6 Å². The van der Waals surface area contributed by atoms with Crippen molar-refractivity contribution in [1.29, 1.82) is 0 Å². The van der Waals surface area contributed by atoms with Gasteiger partial charge in [0.1, 0.15) is 0 Å². The Morgan fingerprint density at radius 1 is 1.47 bits per heavy atom. The molecule has 2 rings (SSSR count). The van der Waals surface area contributed by atoms with Gasteiger partial charge in [0.25, 0.3) is 0 Å². The highest BCUT2D eigenvalue weighted by atomic mass is 35.5. The number of ether oxygens (including phenoxy) is 2. The number of rotatable bonds is 4. The van der Waals surface area contributed by atoms with Gasteiger partial charge >= 0.3 is 5.97 Å². The third kappa shape index (κ3) is 2.19. The lowest BCUT2D eigenvalue weighted by Crippen LogP contribution is -2.00. The van der Waals surface area contributed by atoms with E-state index in [0.29, 0.717) is 33.9 Å². The Bertz CT molecular complexity index is 483. The van der Waals surface area contributed by atoms with Gasteiger partial charge in [-0.2, -0.15) is 0 Å². The van der Waals surface area contributed by atoms with E-state index in [4.69, 9.17) is 26.2 Å². The van der Waals surface area contributed by atoms with Gasteiger partial charge in [0, 0.05) is 17.0 Å². The molecule has 0 amide bonds. The number of aliphatic carboxylic acids is 1. The summed E-state index contributed by atoms with van der Waals surface area (Å²) in [5.74, 6) is -0.209. The van der Waals surface area contributed by atoms with Crippen LogP contribution in [0.25, 0.3) is 0 Å². The number of carbonyl (C=O) groups excluding carboxylic acids is 1. The summed E-state index contributed by atoms with van der Waals surface area (Å²) in [6.07, 6.45) is 0.801. The smallest absolute Gasteiger partial charge is 0.303 e. The van der Waals surface area contributed by atoms with E-state index in [2.05, 4.69) is 0 Å². The van der Waals surface area contributed by atoms with Crippen LogP contribution in [0.3, 0.4) is 0 Å². The zero-order chi connectivity index (χ0) is 12.4. The van der Waals surface area contributed by atoms with Crippen molar-refractivity contribution in [2.45, 2.75) is 12.8 Å². The molecule has 0 bridgehead atoms. The Morgan fingerprint density at radius 2 is 2.18 bits per heavy atom. The molecule has 0 aliphatic carbocycles. The first kappa shape index (κ1) is 11.7. The number of carbonyl (C=O) groups is 2. The van der Waals surface area contributed by atoms with Crippen LogP contribution >= 0.6 is 11.6 Å². The summed E-state index contributed by atoms with van der Waals surface area (Å²) in [6.45, 7) is 0.0105. The van der Waals surface area contributed by atoms with Crippen LogP contribution in [0.5, 0.6) is 11.5 Å². The van der Waals surface area contributed by atoms with Crippen LogP contribution in [-0.2, 0) is 11.2 Å². The largest absolute Gasteiger partial charge is 0.481 e. The minimum atomic E-state index is -0.923. The third-order valence-corrected chi connectivity index (χ3v) is 2.77. The molecule has 0 unspecified atom stereocenters. The van der Waals surface area contributed by atoms with Gasteiger partial charge in [0.05, 0.1) is 5.56 Å². The highest BCUT2D eigenvalue weighted by molar-refractivity contribution is 6.32. The summed E-state index contributed by atoms with van der Waals surface area (Å²) in [7, 11) is 0. The van der Waals surface area contributed by atoms with Crippen molar-refractivity contribution in [3.63, 3.8) is 0 Å². The molecule has 6 heteroatoms. The number of hydrogen-bond donors (Lipinski definition) is 1. The molecule has 0 atom stereocenters. The standard InChI is InChI=1S/C11H9ClO5/c12-8-3-6(4-13)10-11(17-5-16-10)7(8)1-2-9(14)15/h3-4H,1-2,5H2,(H,14,15). The molecule has 1 aliphatic rings. The molecule has 0 spiro atoms. The normalized spacial score (nSPS) is 12.5. The van der Waals surface area contributed by atoms with E-state index in [1.165, 1.54) is 6.07 Å². The first-order valence-corrected chi connectivity index (χ1v) is 5.29. The summed E-state index contributed by atoms with van der Waals surface area (Å²) >= 11 is 5.99. The predicted molar refractivity (Wildman–Crippen MR) is 58.9 cm³/mol. The molecule has 1 N–H and O–H groups in total. The molecule has 5 nitrogen and oxygen atoms in total. The van der Waals surface area contributed by atoms with Gasteiger partial charge < -0.3 is 14.6 Å². The van der Waals surface area contributed by atoms with Gasteiger partial charge in [-0.05, 0) is 12.5 Å². The predicted octanol–water partition coefficient (Wildman–Crippen LogP) is 1.90. The monoisotopic (exact) mass is 256 g/mol. The number of hydrogen-bond acceptors (Lipinski definition) is 4. The molecule has 90 valence electrons. The zero-order valence-electron chi connectivity index (χ0n) is 8.73. The second kappa shape index (κ2) is 4.63. The average Bonchev–Trinajstić information content (AvgIpc) is 2.75. The van der Waals surface area contributed by atoms with Crippen LogP contribution in [0, 0.1) is 0 Å². The maximum absolute atomic E-state index is 10.8. The maximum atomic E-state index is 10.8. The van der Waals surface area contributed by atoms with Gasteiger partial charge in [-0.1, -0.05) is 11.6 Å². The van der Waals surface area contributed by atoms with Gasteiger partial charge in [-0.3, -0.25) is 9.59 Å². The molecule has 0 saturated heterocycles. The van der Waals surface area contributed by atoms with Gasteiger partial charge in [-0.25, -0.2) is 0 Å². The number of benzene rings is 1. The third-order valence-electron chi connectivity index (χ3n) is 2.44. The molecule has 1 aromatic carbocycles. The van der Waals surface area contributed by atoms with Crippen LogP contribution in [0.1, 0.15) is 22.3 Å². The molecule has 0 fully saturated rings. The molecule has 17 heavy (non-hydrogen) atoms. The lowest BCUT2D eigenvalue weighted by atomic mass is 10.0. The topological polar surface area (TPSA) is 72.8 Å². The Balaban J connectivity index is 2.42. The molecule has 0 aromatic heterocycles. The highest BCUT2D eigenvalue weighted by Crippen LogP contribution is 2.42. The van der Waals surface area contributed by atoms with Crippen LogP contribution in [0.2, 0.25) is 5.02 Å². The molecule has 1 aliphatic heterocycles. The van der Waals surface area contributed by atoms with Gasteiger partial charge in [0.2, 0.25) is 6.79 Å². The van der Waals surface area contributed by atoms with E-state index in [1.807, 2.05) is 0 Å². The summed E-state index contributed by atoms with van der Waals surface area (Å²) < 4.78 is 10.4. The van der Waals surface area contributed by atoms with E-state index in [1.54, 1.807) is 0 Å². The van der Waals surface area contributed by atoms with Gasteiger partial charge in [-0.15, -0.1) is 0 Å². The van der Waals surface area contributed by atoms with Crippen LogP contribution in [0.4, 0.5) is 0 Å². The fraction of sp³-hybridized carbons (Fsp3) is 0.273. The van der Waals surface area contributed by atoms with Crippen LogP contribution in [0.15, 0.2) is 6.07 Å². The summed E-state index contributed by atoms with van der Waals surface area (Å²) in [5.41, 5.74) is 0.869. The van der Waals surface area contributed by atoms with E-state index < -0.39 is 5.97 Å². The Morgan fingerprint density at radius 3 is 2.82 bits per heavy atom. The second-order valence-electron chi connectivity index (χ2n) is 3.50. The molecular formula is C11H9ClO5. The van der Waals surface area contributed by atoms with Crippen LogP contribution in [-0.4, -0.2) is 24.2 Å². The lowest BCUT2D eigenvalue weighted by Gasteiger charge is -2.08. The van der Waals surface area contributed by atoms with Crippen molar-refractivity contribution in [3.05, 3.63) is 22.2 Å². The first-order chi connectivity index (χ1) is 8.13. The second-order valence-corrected chi connectivity index (χ2v) is 3.91. The molecule has 0 saturated carbocycles. The van der Waals surface area contributed by atoms with E-state index >= 15 is 0 Å². The van der Waals surface area contributed by atoms with Crippen molar-refractivity contribution >= 4 is 23.9 Å². The minimum Gasteiger partial charge on any atom is -0.481 e. The highest BCUT2D eigenvalue weighted by Gasteiger charge is 2.24. The van der Waals surface area contributed by atoms with Gasteiger partial charge in [0.15, 0.2) is 17.8 Å². The van der Waals surface area contributed by atoms with Crippen molar-refractivity contribution < 1.29 is 24.2 Å². The average molecular weight is 257 g/mol. The van der Waals surface area contributed by atoms with Crippen LogP contribution < -0.4 is 9.47 Å². The fourth-order valence-corrected chi connectivity index (χ4v) is 1.96. The number of carboxylic acid groups (broad SMARTS) is 1. The Kier molecular flexibility index (Phi) is 3.19. The molecular weight excluding hydrogens is 248 g/mol. The molecule has 1 aromatic rings. The fourth-order valence-electron chi connectivity index (χ4n) is 1.67. The number of aldehydes is 1. The summed E-state index contributed by atoms with van der Waals surface area (Å²) in [6, 6.07) is 1.46. The molecule has 1 heterocycles. The summed E-state index contributed by atoms with van der Waals surface area (Å²) in [4.78, 5) is 21.3. The number of carboxylic acids is 1. The van der Waals surface area contributed by atoms with Crippen molar-refractivity contribution in [1.82, 2.24) is 0 Å². The molecule has 0 radical (unpaired) electrons. The minimum absolute atomic E-state index is 0.0105. The SMILES string of the molecule is O=Cc1cc(Cl)c(CCC(=O)O)c2c1OCO2. The first-order valence-electron chi connectivity index (χ1n) is 4.91. The van der Waals surface area contributed by atoms with E-state index in [0.717, 1.165) is 0 Å². The Labute approximate surface area is 102 Å². The lowest BCUT2D eigenvalue weighted by molar-refractivity contribution is -0.136. The quantitative estimate of drug-likeness (QED) is 0.833. The van der Waals surface area contributed by atoms with Crippen molar-refractivity contribution in [3.8, 4) is 11.5 Å². The number of halogens is 1. The maximum Gasteiger partial charge on any atom is 0.303 e.